The third kappa shape index (κ3) is 2.65. The number of aliphatic hydroxyl groups excluding tert-OH is 2. The van der Waals surface area contributed by atoms with Gasteiger partial charge in [0.15, 0.2) is 0 Å². The molecule has 4 fully saturated rings. The number of esters is 1. The lowest BCUT2D eigenvalue weighted by Crippen LogP contribution is -2.61. The topological polar surface area (TPSA) is 87.0 Å². The number of ether oxygens (including phenoxy) is 1. The molecule has 0 saturated heterocycles. The summed E-state index contributed by atoms with van der Waals surface area (Å²) in [4.78, 5) is 11.4. The second-order valence-electron chi connectivity index (χ2n) is 10.9. The van der Waals surface area contributed by atoms with E-state index in [1.54, 1.807) is 6.92 Å². The van der Waals surface area contributed by atoms with Crippen LogP contribution in [0.5, 0.6) is 0 Å². The maximum Gasteiger partial charge on any atom is 0.302 e. The fourth-order valence-corrected chi connectivity index (χ4v) is 8.37. The van der Waals surface area contributed by atoms with Crippen molar-refractivity contribution in [1.82, 2.24) is 0 Å². The van der Waals surface area contributed by atoms with Crippen LogP contribution >= 0.6 is 0 Å². The molecular weight excluding hydrogens is 356 g/mol. The van der Waals surface area contributed by atoms with E-state index < -0.39 is 23.2 Å². The first-order chi connectivity index (χ1) is 13.0. The SMILES string of the molecule is CC(=O)O[C@@H]1CC[C@@]2(C)[C@@H](CC[C@H]3[C@H]2CC[C@@]2(C)[C@@H]3C[C@@H](O)[C@]2(O)[C@@H](C)O)C1. The molecule has 5 heteroatoms. The quantitative estimate of drug-likeness (QED) is 0.627. The van der Waals surface area contributed by atoms with E-state index in [0.717, 1.165) is 44.9 Å². The zero-order valence-electron chi connectivity index (χ0n) is 17.9. The number of rotatable bonds is 2. The Bertz CT molecular complexity index is 634. The van der Waals surface area contributed by atoms with Gasteiger partial charge in [0.25, 0.3) is 0 Å². The molecule has 0 unspecified atom stereocenters. The molecule has 0 radical (unpaired) electrons. The van der Waals surface area contributed by atoms with Crippen LogP contribution in [0.4, 0.5) is 0 Å². The summed E-state index contributed by atoms with van der Waals surface area (Å²) in [5.74, 6) is 1.75. The van der Waals surface area contributed by atoms with Crippen LogP contribution in [0.1, 0.15) is 79.1 Å². The zero-order valence-corrected chi connectivity index (χ0v) is 17.9. The van der Waals surface area contributed by atoms with E-state index in [-0.39, 0.29) is 23.4 Å². The van der Waals surface area contributed by atoms with Gasteiger partial charge in [0.1, 0.15) is 11.7 Å². The van der Waals surface area contributed by atoms with Gasteiger partial charge in [-0.1, -0.05) is 13.8 Å². The maximum atomic E-state index is 11.4. The lowest BCUT2D eigenvalue weighted by atomic mass is 9.44. The van der Waals surface area contributed by atoms with Gasteiger partial charge in [-0.05, 0) is 87.4 Å². The summed E-state index contributed by atoms with van der Waals surface area (Å²) in [6.45, 7) is 7.66. The van der Waals surface area contributed by atoms with Crippen LogP contribution in [0, 0.1) is 34.5 Å². The Morgan fingerprint density at radius 3 is 2.43 bits per heavy atom. The average Bonchev–Trinajstić information content (AvgIpc) is 2.83. The van der Waals surface area contributed by atoms with Gasteiger partial charge in [0, 0.05) is 12.3 Å². The third-order valence-electron chi connectivity index (χ3n) is 9.88. The van der Waals surface area contributed by atoms with Gasteiger partial charge in [-0.25, -0.2) is 0 Å². The third-order valence-corrected chi connectivity index (χ3v) is 9.88. The molecule has 4 aliphatic rings. The molecular formula is C23H38O5. The summed E-state index contributed by atoms with van der Waals surface area (Å²) >= 11 is 0. The van der Waals surface area contributed by atoms with E-state index in [1.165, 1.54) is 6.92 Å². The molecule has 0 bridgehead atoms. The van der Waals surface area contributed by atoms with Gasteiger partial charge in [-0.3, -0.25) is 4.79 Å². The number of aliphatic hydroxyl groups is 3. The molecule has 0 spiro atoms. The molecule has 3 N–H and O–H groups in total. The maximum absolute atomic E-state index is 11.4. The number of hydrogen-bond donors (Lipinski definition) is 3. The Morgan fingerprint density at radius 1 is 1.07 bits per heavy atom. The van der Waals surface area contributed by atoms with Crippen LogP contribution < -0.4 is 0 Å². The van der Waals surface area contributed by atoms with Crippen molar-refractivity contribution >= 4 is 5.97 Å². The van der Waals surface area contributed by atoms with Crippen molar-refractivity contribution in [3.8, 4) is 0 Å². The van der Waals surface area contributed by atoms with Crippen LogP contribution in [-0.2, 0) is 9.53 Å². The van der Waals surface area contributed by atoms with Crippen molar-refractivity contribution in [2.24, 2.45) is 34.5 Å². The summed E-state index contributed by atoms with van der Waals surface area (Å²) < 4.78 is 5.54. The van der Waals surface area contributed by atoms with Crippen LogP contribution in [0.3, 0.4) is 0 Å². The molecule has 0 amide bonds. The molecule has 5 nitrogen and oxygen atoms in total. The molecule has 0 aromatic carbocycles. The average molecular weight is 395 g/mol. The molecule has 0 aromatic rings. The highest BCUT2D eigenvalue weighted by Crippen LogP contribution is 2.68. The van der Waals surface area contributed by atoms with E-state index in [0.29, 0.717) is 24.2 Å². The van der Waals surface area contributed by atoms with Crippen LogP contribution in [0.25, 0.3) is 0 Å². The molecule has 4 saturated carbocycles. The standard InChI is InChI=1S/C23H38O5/c1-13(24)23(27)20(26)12-19-17-6-5-15-11-16(28-14(2)25)7-9-21(15,3)18(17)8-10-22(19,23)4/h13,15-20,24,26-27H,5-12H2,1-4H3/t13-,15+,16-,17+,18-,19-,20-,21+,22+,23-/m1/s1. The van der Waals surface area contributed by atoms with Crippen LogP contribution in [-0.4, -0.2) is 45.2 Å². The van der Waals surface area contributed by atoms with Gasteiger partial charge in [-0.2, -0.15) is 0 Å². The Kier molecular flexibility index (Phi) is 4.92. The second-order valence-corrected chi connectivity index (χ2v) is 10.9. The largest absolute Gasteiger partial charge is 0.463 e. The minimum atomic E-state index is -1.41. The first-order valence-corrected chi connectivity index (χ1v) is 11.3. The predicted molar refractivity (Wildman–Crippen MR) is 105 cm³/mol. The predicted octanol–water partition coefficient (Wildman–Crippen LogP) is 3.04. The lowest BCUT2D eigenvalue weighted by molar-refractivity contribution is -0.209. The highest BCUT2D eigenvalue weighted by atomic mass is 16.5. The van der Waals surface area contributed by atoms with E-state index in [1.807, 2.05) is 0 Å². The Morgan fingerprint density at radius 2 is 1.79 bits per heavy atom. The van der Waals surface area contributed by atoms with Gasteiger partial charge < -0.3 is 20.1 Å². The van der Waals surface area contributed by atoms with E-state index in [2.05, 4.69) is 13.8 Å². The van der Waals surface area contributed by atoms with Gasteiger partial charge in [-0.15, -0.1) is 0 Å². The second kappa shape index (κ2) is 6.68. The normalized spacial score (nSPS) is 54.2. The molecule has 4 rings (SSSR count). The Hall–Kier alpha value is -0.650. The Balaban J connectivity index is 1.58. The van der Waals surface area contributed by atoms with Crippen molar-refractivity contribution in [2.45, 2.75) is 103 Å². The summed E-state index contributed by atoms with van der Waals surface area (Å²) in [7, 11) is 0. The molecule has 28 heavy (non-hydrogen) atoms. The van der Waals surface area contributed by atoms with Gasteiger partial charge >= 0.3 is 5.97 Å². The molecule has 10 atom stereocenters. The number of carbonyl (C=O) groups excluding carboxylic acids is 1. The van der Waals surface area contributed by atoms with E-state index in [4.69, 9.17) is 4.74 Å². The molecule has 0 heterocycles. The van der Waals surface area contributed by atoms with Gasteiger partial charge in [0.2, 0.25) is 0 Å². The highest BCUT2D eigenvalue weighted by Gasteiger charge is 2.69. The molecule has 160 valence electrons. The first-order valence-electron chi connectivity index (χ1n) is 11.3. The number of hydrogen-bond acceptors (Lipinski definition) is 5. The zero-order chi connectivity index (χ0) is 20.5. The van der Waals surface area contributed by atoms with E-state index >= 15 is 0 Å². The fourth-order valence-electron chi connectivity index (χ4n) is 8.37. The van der Waals surface area contributed by atoms with Crippen LogP contribution in [0.15, 0.2) is 0 Å². The highest BCUT2D eigenvalue weighted by molar-refractivity contribution is 5.66. The fraction of sp³-hybridized carbons (Fsp3) is 0.957. The molecule has 0 aromatic heterocycles. The summed E-state index contributed by atoms with van der Waals surface area (Å²) in [6.07, 6.45) is 6.02. The summed E-state index contributed by atoms with van der Waals surface area (Å²) in [5, 5.41) is 32.5. The molecule has 4 aliphatic carbocycles. The van der Waals surface area contributed by atoms with Crippen molar-refractivity contribution in [2.75, 3.05) is 0 Å². The summed E-state index contributed by atoms with van der Waals surface area (Å²) in [5.41, 5.74) is -1.59. The van der Waals surface area contributed by atoms with Crippen molar-refractivity contribution < 1.29 is 24.9 Å². The van der Waals surface area contributed by atoms with Crippen molar-refractivity contribution in [3.05, 3.63) is 0 Å². The van der Waals surface area contributed by atoms with Crippen molar-refractivity contribution in [3.63, 3.8) is 0 Å². The summed E-state index contributed by atoms with van der Waals surface area (Å²) in [6, 6.07) is 0. The Labute approximate surface area is 168 Å². The number of fused-ring (bicyclic) bond motifs is 5. The van der Waals surface area contributed by atoms with Crippen molar-refractivity contribution in [1.29, 1.82) is 0 Å². The monoisotopic (exact) mass is 394 g/mol. The van der Waals surface area contributed by atoms with Crippen LogP contribution in [0.2, 0.25) is 0 Å². The minimum Gasteiger partial charge on any atom is -0.463 e. The van der Waals surface area contributed by atoms with Gasteiger partial charge in [0.05, 0.1) is 12.2 Å². The smallest absolute Gasteiger partial charge is 0.302 e. The number of carbonyl (C=O) groups is 1. The minimum absolute atomic E-state index is 0.0645. The lowest BCUT2D eigenvalue weighted by Gasteiger charge is -2.61. The molecule has 0 aliphatic heterocycles. The first kappa shape index (κ1) is 20.6. The van der Waals surface area contributed by atoms with E-state index in [9.17, 15) is 20.1 Å².